The highest BCUT2D eigenvalue weighted by atomic mass is 15.1. The maximum atomic E-state index is 5.49. The van der Waals surface area contributed by atoms with Gasteiger partial charge in [-0.2, -0.15) is 0 Å². The van der Waals surface area contributed by atoms with E-state index in [1.165, 1.54) is 21.9 Å². The fourth-order valence-corrected chi connectivity index (χ4v) is 8.66. The van der Waals surface area contributed by atoms with Crippen LogP contribution in [-0.4, -0.2) is 9.97 Å². The van der Waals surface area contributed by atoms with E-state index in [-0.39, 0.29) is 0 Å². The standard InChI is InChI=1S/C56H37N3/c1-5-16-38(17-6-1)39-28-30-40(31-29-39)50-37-53(57-51-27-14-13-25-46(50)51)47-26-15-20-41-32-34-49-55(54(41)47)48-35-33-45(36-52(48)58-56(49)42-18-7-2-8-19-42)59(43-21-9-3-10-22-43)44-23-11-4-12-24-44/h1-37H. The predicted octanol–water partition coefficient (Wildman–Crippen LogP) is 15.2. The van der Waals surface area contributed by atoms with E-state index in [0.717, 1.165) is 83.3 Å². The summed E-state index contributed by atoms with van der Waals surface area (Å²) >= 11 is 0. The van der Waals surface area contributed by atoms with Crippen molar-refractivity contribution < 1.29 is 0 Å². The minimum atomic E-state index is 0.929. The lowest BCUT2D eigenvalue weighted by Gasteiger charge is -2.26. The fraction of sp³-hybridized carbons (Fsp3) is 0. The Morgan fingerprint density at radius 2 is 0.898 bits per heavy atom. The summed E-state index contributed by atoms with van der Waals surface area (Å²) in [7, 11) is 0. The zero-order chi connectivity index (χ0) is 39.1. The third kappa shape index (κ3) is 6.17. The Kier molecular flexibility index (Phi) is 8.49. The molecule has 0 aliphatic carbocycles. The first-order valence-electron chi connectivity index (χ1n) is 20.1. The average molecular weight is 752 g/mol. The highest BCUT2D eigenvalue weighted by Crippen LogP contribution is 2.44. The fourth-order valence-electron chi connectivity index (χ4n) is 8.66. The van der Waals surface area contributed by atoms with Gasteiger partial charge in [-0.3, -0.25) is 0 Å². The van der Waals surface area contributed by atoms with Crippen molar-refractivity contribution in [3.8, 4) is 44.8 Å². The summed E-state index contributed by atoms with van der Waals surface area (Å²) in [6, 6.07) is 79.8. The Morgan fingerprint density at radius 1 is 0.305 bits per heavy atom. The van der Waals surface area contributed by atoms with Crippen molar-refractivity contribution in [2.24, 2.45) is 0 Å². The first-order chi connectivity index (χ1) is 29.3. The van der Waals surface area contributed by atoms with Gasteiger partial charge in [0.1, 0.15) is 0 Å². The Balaban J connectivity index is 1.17. The lowest BCUT2D eigenvalue weighted by atomic mass is 9.90. The molecule has 0 aliphatic rings. The van der Waals surface area contributed by atoms with E-state index < -0.39 is 0 Å². The molecule has 0 aliphatic heterocycles. The summed E-state index contributed by atoms with van der Waals surface area (Å²) in [6.45, 7) is 0. The summed E-state index contributed by atoms with van der Waals surface area (Å²) in [4.78, 5) is 13.2. The summed E-state index contributed by atoms with van der Waals surface area (Å²) in [5.41, 5.74) is 13.9. The number of para-hydroxylation sites is 3. The molecule has 3 nitrogen and oxygen atoms in total. The van der Waals surface area contributed by atoms with Crippen molar-refractivity contribution in [1.82, 2.24) is 9.97 Å². The normalized spacial score (nSPS) is 11.4. The van der Waals surface area contributed by atoms with E-state index in [9.17, 15) is 0 Å². The quantitative estimate of drug-likeness (QED) is 0.152. The smallest absolute Gasteiger partial charge is 0.0788 e. The molecule has 0 amide bonds. The van der Waals surface area contributed by atoms with Crippen LogP contribution in [0.2, 0.25) is 0 Å². The number of hydrogen-bond donors (Lipinski definition) is 0. The first-order valence-corrected chi connectivity index (χ1v) is 20.1. The van der Waals surface area contributed by atoms with Gasteiger partial charge in [-0.05, 0) is 81.6 Å². The summed E-state index contributed by atoms with van der Waals surface area (Å²) in [5, 5.41) is 6.83. The van der Waals surface area contributed by atoms with Crippen LogP contribution in [-0.2, 0) is 0 Å². The lowest BCUT2D eigenvalue weighted by molar-refractivity contribution is 1.28. The molecule has 276 valence electrons. The van der Waals surface area contributed by atoms with Crippen molar-refractivity contribution in [1.29, 1.82) is 0 Å². The van der Waals surface area contributed by atoms with Gasteiger partial charge in [-0.1, -0.05) is 176 Å². The molecule has 0 radical (unpaired) electrons. The molecule has 59 heavy (non-hydrogen) atoms. The zero-order valence-electron chi connectivity index (χ0n) is 32.2. The van der Waals surface area contributed by atoms with E-state index in [0.29, 0.717) is 0 Å². The second kappa shape index (κ2) is 14.6. The number of benzene rings is 9. The molecule has 9 aromatic carbocycles. The molecule has 0 saturated heterocycles. The molecule has 2 aromatic heterocycles. The Hall–Kier alpha value is -7.88. The molecule has 0 saturated carbocycles. The highest BCUT2D eigenvalue weighted by Gasteiger charge is 2.20. The van der Waals surface area contributed by atoms with E-state index in [1.54, 1.807) is 0 Å². The third-order valence-corrected chi connectivity index (χ3v) is 11.4. The zero-order valence-corrected chi connectivity index (χ0v) is 32.2. The Morgan fingerprint density at radius 3 is 1.61 bits per heavy atom. The van der Waals surface area contributed by atoms with Crippen LogP contribution < -0.4 is 4.90 Å². The number of rotatable bonds is 7. The lowest BCUT2D eigenvalue weighted by Crippen LogP contribution is -2.09. The van der Waals surface area contributed by atoms with Gasteiger partial charge in [0.15, 0.2) is 0 Å². The molecule has 0 fully saturated rings. The Bertz CT molecular complexity index is 3250. The largest absolute Gasteiger partial charge is 0.310 e. The van der Waals surface area contributed by atoms with Crippen LogP contribution in [0.1, 0.15) is 0 Å². The minimum absolute atomic E-state index is 0.929. The molecule has 11 rings (SSSR count). The van der Waals surface area contributed by atoms with E-state index in [2.05, 4.69) is 229 Å². The minimum Gasteiger partial charge on any atom is -0.310 e. The molecular weight excluding hydrogens is 715 g/mol. The number of anilines is 3. The summed E-state index contributed by atoms with van der Waals surface area (Å²) < 4.78 is 0. The number of hydrogen-bond acceptors (Lipinski definition) is 3. The van der Waals surface area contributed by atoms with Gasteiger partial charge in [0.2, 0.25) is 0 Å². The predicted molar refractivity (Wildman–Crippen MR) is 248 cm³/mol. The van der Waals surface area contributed by atoms with Crippen LogP contribution in [0.4, 0.5) is 17.1 Å². The Labute approximate surface area is 343 Å². The number of nitrogens with zero attached hydrogens (tertiary/aromatic N) is 3. The van der Waals surface area contributed by atoms with Crippen LogP contribution in [0.3, 0.4) is 0 Å². The van der Waals surface area contributed by atoms with Crippen molar-refractivity contribution >= 4 is 60.4 Å². The van der Waals surface area contributed by atoms with Gasteiger partial charge >= 0.3 is 0 Å². The average Bonchev–Trinajstić information content (AvgIpc) is 3.32. The van der Waals surface area contributed by atoms with Gasteiger partial charge in [0.05, 0.1) is 22.4 Å². The van der Waals surface area contributed by atoms with E-state index in [4.69, 9.17) is 9.97 Å². The number of aromatic nitrogens is 2. The van der Waals surface area contributed by atoms with Crippen molar-refractivity contribution in [2.45, 2.75) is 0 Å². The number of fused-ring (bicyclic) bond motifs is 6. The molecule has 3 heteroatoms. The van der Waals surface area contributed by atoms with Gasteiger partial charge in [0.25, 0.3) is 0 Å². The first kappa shape index (κ1) is 34.4. The van der Waals surface area contributed by atoms with Gasteiger partial charge in [-0.25, -0.2) is 9.97 Å². The van der Waals surface area contributed by atoms with E-state index in [1.807, 2.05) is 0 Å². The van der Waals surface area contributed by atoms with Crippen LogP contribution in [0.25, 0.3) is 88.1 Å². The monoisotopic (exact) mass is 751 g/mol. The molecule has 0 unspecified atom stereocenters. The molecule has 0 N–H and O–H groups in total. The summed E-state index contributed by atoms with van der Waals surface area (Å²) in [5.74, 6) is 0. The van der Waals surface area contributed by atoms with Crippen LogP contribution in [0.15, 0.2) is 224 Å². The van der Waals surface area contributed by atoms with Gasteiger partial charge in [-0.15, -0.1) is 0 Å². The molecule has 0 atom stereocenters. The van der Waals surface area contributed by atoms with E-state index >= 15 is 0 Å². The SMILES string of the molecule is c1ccc(-c2ccc(-c3cc(-c4cccc5ccc6c(-c7ccccc7)nc7cc(N(c8ccccc8)c8ccccc8)ccc7c6c45)nc4ccccc34)cc2)cc1. The van der Waals surface area contributed by atoms with Crippen LogP contribution in [0, 0.1) is 0 Å². The second-order valence-electron chi connectivity index (χ2n) is 14.9. The molecule has 0 spiro atoms. The highest BCUT2D eigenvalue weighted by molar-refractivity contribution is 6.26. The van der Waals surface area contributed by atoms with Crippen LogP contribution >= 0.6 is 0 Å². The van der Waals surface area contributed by atoms with Gasteiger partial charge in [0, 0.05) is 49.7 Å². The second-order valence-corrected chi connectivity index (χ2v) is 14.9. The van der Waals surface area contributed by atoms with Crippen molar-refractivity contribution in [2.75, 3.05) is 4.90 Å². The third-order valence-electron chi connectivity index (χ3n) is 11.4. The van der Waals surface area contributed by atoms with Crippen molar-refractivity contribution in [3.63, 3.8) is 0 Å². The molecule has 0 bridgehead atoms. The maximum Gasteiger partial charge on any atom is 0.0788 e. The topological polar surface area (TPSA) is 29.0 Å². The van der Waals surface area contributed by atoms with Gasteiger partial charge < -0.3 is 4.90 Å². The number of pyridine rings is 2. The molecule has 11 aromatic rings. The van der Waals surface area contributed by atoms with Crippen LogP contribution in [0.5, 0.6) is 0 Å². The maximum absolute atomic E-state index is 5.49. The van der Waals surface area contributed by atoms with Crippen molar-refractivity contribution in [3.05, 3.63) is 224 Å². The molecule has 2 heterocycles. The summed E-state index contributed by atoms with van der Waals surface area (Å²) in [6.07, 6.45) is 0. The molecular formula is C56H37N3.